The zero-order valence-corrected chi connectivity index (χ0v) is 27.9. The van der Waals surface area contributed by atoms with E-state index >= 15 is 0 Å². The summed E-state index contributed by atoms with van der Waals surface area (Å²) < 4.78 is 2.45. The Bertz CT molecular complexity index is 1910. The van der Waals surface area contributed by atoms with Crippen molar-refractivity contribution in [3.63, 3.8) is 0 Å². The quantitative estimate of drug-likeness (QED) is 0.170. The lowest BCUT2D eigenvalue weighted by Crippen LogP contribution is -2.61. The van der Waals surface area contributed by atoms with Crippen molar-refractivity contribution in [3.05, 3.63) is 89.0 Å². The summed E-state index contributed by atoms with van der Waals surface area (Å²) in [5.41, 5.74) is 8.59. The number of carboxylic acid groups (broad SMARTS) is 1. The van der Waals surface area contributed by atoms with E-state index in [4.69, 9.17) is 5.11 Å². The van der Waals surface area contributed by atoms with E-state index < -0.39 is 11.5 Å². The number of carboxylic acids is 1. The number of aryl methyl sites for hydroxylation is 1. The van der Waals surface area contributed by atoms with Crippen molar-refractivity contribution >= 4 is 46.1 Å². The second-order valence-corrected chi connectivity index (χ2v) is 13.7. The molecule has 7 rings (SSSR count). The van der Waals surface area contributed by atoms with Crippen LogP contribution in [0.1, 0.15) is 91.3 Å². The number of carbonyl (C=O) groups is 3. The number of likely N-dealkylation sites (N-methyl/N-ethyl adjacent to an activating group) is 1. The molecule has 3 aromatic carbocycles. The molecule has 3 aliphatic rings. The Balaban J connectivity index is 1.20. The number of hydrogen-bond acceptors (Lipinski definition) is 4. The average Bonchev–Trinajstić information content (AvgIpc) is 3.33. The van der Waals surface area contributed by atoms with Crippen LogP contribution >= 0.6 is 0 Å². The minimum absolute atomic E-state index is 0.237. The number of hydrogen-bond donors (Lipinski definition) is 3. The Morgan fingerprint density at radius 3 is 2.40 bits per heavy atom. The molecule has 0 atom stereocenters. The lowest BCUT2D eigenvalue weighted by atomic mass is 9.75. The van der Waals surface area contributed by atoms with Crippen LogP contribution in [-0.2, 0) is 22.6 Å². The highest BCUT2D eigenvalue weighted by atomic mass is 16.4. The highest BCUT2D eigenvalue weighted by molar-refractivity contribution is 6.06. The third-order valence-corrected chi connectivity index (χ3v) is 10.8. The second kappa shape index (κ2) is 13.0. The molecule has 2 heterocycles. The Morgan fingerprint density at radius 2 is 1.71 bits per heavy atom. The van der Waals surface area contributed by atoms with E-state index in [2.05, 4.69) is 58.3 Å². The van der Waals surface area contributed by atoms with Crippen molar-refractivity contribution in [2.45, 2.75) is 82.7 Å². The molecule has 1 aromatic heterocycles. The molecule has 1 aliphatic heterocycles. The first-order valence-corrected chi connectivity index (χ1v) is 17.4. The maximum Gasteiger partial charge on any atom is 0.328 e. The fourth-order valence-electron chi connectivity index (χ4n) is 7.85. The number of benzene rings is 3. The molecule has 8 nitrogen and oxygen atoms in total. The average molecular weight is 645 g/mol. The minimum atomic E-state index is -1.02. The number of nitrogens with one attached hydrogen (secondary N) is 2. The molecule has 2 saturated carbocycles. The molecule has 2 amide bonds. The molecule has 8 heteroatoms. The lowest BCUT2D eigenvalue weighted by Gasteiger charge is -2.40. The third-order valence-electron chi connectivity index (χ3n) is 10.8. The Hall–Kier alpha value is -4.85. The Labute approximate surface area is 281 Å². The summed E-state index contributed by atoms with van der Waals surface area (Å²) in [7, 11) is 2.18. The first kappa shape index (κ1) is 31.7. The van der Waals surface area contributed by atoms with E-state index in [9.17, 15) is 14.4 Å². The van der Waals surface area contributed by atoms with Gasteiger partial charge in [0, 0.05) is 59.6 Å². The van der Waals surface area contributed by atoms with Gasteiger partial charge in [-0.3, -0.25) is 9.59 Å². The number of nitrogens with zero attached hydrogens (tertiary/aromatic N) is 2. The van der Waals surface area contributed by atoms with Crippen LogP contribution in [-0.4, -0.2) is 46.6 Å². The van der Waals surface area contributed by atoms with E-state index in [-0.39, 0.29) is 11.8 Å². The topological polar surface area (TPSA) is 104 Å². The zero-order chi connectivity index (χ0) is 33.4. The van der Waals surface area contributed by atoms with Crippen molar-refractivity contribution < 1.29 is 19.5 Å². The van der Waals surface area contributed by atoms with Gasteiger partial charge in [-0.15, -0.1) is 0 Å². The van der Waals surface area contributed by atoms with Gasteiger partial charge < -0.3 is 25.2 Å². The maximum absolute atomic E-state index is 13.9. The Kier molecular flexibility index (Phi) is 8.58. The molecule has 0 spiro atoms. The highest BCUT2D eigenvalue weighted by Crippen LogP contribution is 2.47. The van der Waals surface area contributed by atoms with Crippen molar-refractivity contribution in [2.75, 3.05) is 23.8 Å². The molecule has 2 fully saturated rings. The molecular weight excluding hydrogens is 600 g/mol. The molecule has 0 radical (unpaired) electrons. The van der Waals surface area contributed by atoms with Crippen LogP contribution in [0.15, 0.2) is 66.7 Å². The summed E-state index contributed by atoms with van der Waals surface area (Å²) in [6, 6.07) is 20.0. The number of aromatic nitrogens is 1. The molecule has 0 saturated heterocycles. The highest BCUT2D eigenvalue weighted by Gasteiger charge is 2.45. The van der Waals surface area contributed by atoms with Crippen LogP contribution in [0, 0.1) is 0 Å². The maximum atomic E-state index is 13.9. The van der Waals surface area contributed by atoms with Crippen LogP contribution in [0.25, 0.3) is 28.2 Å². The van der Waals surface area contributed by atoms with Crippen LogP contribution in [0.2, 0.25) is 0 Å². The van der Waals surface area contributed by atoms with Gasteiger partial charge in [-0.25, -0.2) is 4.79 Å². The van der Waals surface area contributed by atoms with Gasteiger partial charge in [-0.2, -0.15) is 0 Å². The molecule has 48 heavy (non-hydrogen) atoms. The van der Waals surface area contributed by atoms with Gasteiger partial charge in [0.05, 0.1) is 5.69 Å². The zero-order valence-electron chi connectivity index (χ0n) is 27.9. The molecule has 0 bridgehead atoms. The van der Waals surface area contributed by atoms with Crippen molar-refractivity contribution in [1.82, 2.24) is 9.88 Å². The van der Waals surface area contributed by atoms with E-state index in [0.29, 0.717) is 35.6 Å². The van der Waals surface area contributed by atoms with Gasteiger partial charge >= 0.3 is 5.97 Å². The van der Waals surface area contributed by atoms with Gasteiger partial charge in [0.15, 0.2) is 0 Å². The predicted octanol–water partition coefficient (Wildman–Crippen LogP) is 7.76. The second-order valence-electron chi connectivity index (χ2n) is 13.7. The summed E-state index contributed by atoms with van der Waals surface area (Å²) in [6.07, 6.45) is 11.7. The number of aliphatic carboxylic acids is 1. The standard InChI is InChI=1S/C40H44N4O4/c1-3-26-12-17-32-33(24-26)43(2)22-23-44-34-25-29(14-18-31(34)36(37(32)44)28-8-5-4-6-9-28)38(47)42-40(20-7-21-40)39(48)41-30-15-10-27(11-16-30)13-19-35(45)46/h10-19,24-25,28H,3-9,20-23H2,1-2H3,(H,41,48)(H,42,47)(H,45,46)/b19-13+. The number of fused-ring (bicyclic) bond motifs is 5. The minimum Gasteiger partial charge on any atom is -0.478 e. The lowest BCUT2D eigenvalue weighted by molar-refractivity contribution is -0.131. The SMILES string of the molecule is CCc1ccc2c(c1)N(C)CCn1c-2c(C2CCCCC2)c2ccc(C(=O)NC3(C(=O)Nc4ccc(/C=C/C(=O)O)cc4)CCC3)cc21. The predicted molar refractivity (Wildman–Crippen MR) is 192 cm³/mol. The fourth-order valence-corrected chi connectivity index (χ4v) is 7.85. The van der Waals surface area contributed by atoms with E-state index in [1.807, 2.05) is 12.1 Å². The van der Waals surface area contributed by atoms with Crippen LogP contribution in [0.5, 0.6) is 0 Å². The third kappa shape index (κ3) is 5.89. The summed E-state index contributed by atoms with van der Waals surface area (Å²) >= 11 is 0. The summed E-state index contributed by atoms with van der Waals surface area (Å²) in [4.78, 5) is 40.7. The largest absolute Gasteiger partial charge is 0.478 e. The van der Waals surface area contributed by atoms with Crippen LogP contribution < -0.4 is 15.5 Å². The van der Waals surface area contributed by atoms with Gasteiger partial charge in [0.25, 0.3) is 5.91 Å². The number of carbonyl (C=O) groups excluding carboxylic acids is 2. The van der Waals surface area contributed by atoms with Crippen LogP contribution in [0.4, 0.5) is 11.4 Å². The molecule has 4 aromatic rings. The van der Waals surface area contributed by atoms with Crippen molar-refractivity contribution in [2.24, 2.45) is 0 Å². The molecular formula is C40H44N4O4. The molecule has 248 valence electrons. The number of rotatable bonds is 8. The van der Waals surface area contributed by atoms with E-state index in [0.717, 1.165) is 37.5 Å². The van der Waals surface area contributed by atoms with Crippen molar-refractivity contribution in [1.29, 1.82) is 0 Å². The first-order chi connectivity index (χ1) is 23.3. The fraction of sp³-hybridized carbons (Fsp3) is 0.375. The van der Waals surface area contributed by atoms with Gasteiger partial charge in [-0.1, -0.05) is 56.5 Å². The summed E-state index contributed by atoms with van der Waals surface area (Å²) in [5, 5.41) is 16.2. The summed E-state index contributed by atoms with van der Waals surface area (Å²) in [5.74, 6) is -1.01. The molecule has 3 N–H and O–H groups in total. The Morgan fingerprint density at radius 1 is 0.938 bits per heavy atom. The van der Waals surface area contributed by atoms with Gasteiger partial charge in [-0.05, 0) is 97.5 Å². The van der Waals surface area contributed by atoms with Gasteiger partial charge in [0.2, 0.25) is 5.91 Å². The van der Waals surface area contributed by atoms with Gasteiger partial charge in [0.1, 0.15) is 5.54 Å². The molecule has 2 aliphatic carbocycles. The van der Waals surface area contributed by atoms with E-state index in [1.54, 1.807) is 24.3 Å². The molecule has 0 unspecified atom stereocenters. The number of anilines is 2. The first-order valence-electron chi connectivity index (χ1n) is 17.4. The van der Waals surface area contributed by atoms with Crippen molar-refractivity contribution in [3.8, 4) is 11.3 Å². The number of amides is 2. The normalized spacial score (nSPS) is 17.3. The van der Waals surface area contributed by atoms with E-state index in [1.165, 1.54) is 71.6 Å². The monoisotopic (exact) mass is 644 g/mol. The summed E-state index contributed by atoms with van der Waals surface area (Å²) in [6.45, 7) is 3.90. The van der Waals surface area contributed by atoms with Crippen LogP contribution in [0.3, 0.4) is 0 Å². The smallest absolute Gasteiger partial charge is 0.328 e.